The quantitative estimate of drug-likeness (QED) is 0.201. The summed E-state index contributed by atoms with van der Waals surface area (Å²) in [5.74, 6) is -2.21. The molecule has 0 amide bonds. The van der Waals surface area contributed by atoms with E-state index in [0.29, 0.717) is 35.6 Å². The van der Waals surface area contributed by atoms with Crippen molar-refractivity contribution in [3.63, 3.8) is 0 Å². The highest BCUT2D eigenvalue weighted by Gasteiger charge is 2.31. The van der Waals surface area contributed by atoms with E-state index in [9.17, 15) is 27.5 Å². The Hall–Kier alpha value is -3.30. The predicted octanol–water partition coefficient (Wildman–Crippen LogP) is 7.35. The summed E-state index contributed by atoms with van der Waals surface area (Å²) < 4.78 is 60.7. The molecule has 4 nitrogen and oxygen atoms in total. The molecule has 0 radical (unpaired) electrons. The first-order chi connectivity index (χ1) is 16.6. The number of hydrogen-bond donors (Lipinski definition) is 1. The maximum atomic E-state index is 14.6. The van der Waals surface area contributed by atoms with Crippen LogP contribution in [0.4, 0.5) is 17.6 Å². The van der Waals surface area contributed by atoms with Gasteiger partial charge in [-0.1, -0.05) is 36.4 Å². The van der Waals surface area contributed by atoms with Crippen LogP contribution in [0.1, 0.15) is 32.8 Å². The average Bonchev–Trinajstić information content (AvgIpc) is 3.15. The number of furan rings is 1. The summed E-state index contributed by atoms with van der Waals surface area (Å²) in [5.41, 5.74) is 1.12. The normalized spacial score (nSPS) is 11.9. The molecule has 182 valence electrons. The van der Waals surface area contributed by atoms with Gasteiger partial charge in [0.25, 0.3) is 0 Å². The SMILES string of the molecule is Cc1c(C(=O)O)oc2ccc(SN(CCc3ccccc3)Cc3ccc(C(F)(F)F)cc3F)cc12. The van der Waals surface area contributed by atoms with Crippen molar-refractivity contribution in [2.75, 3.05) is 6.54 Å². The molecule has 4 rings (SSSR count). The van der Waals surface area contributed by atoms with E-state index in [1.165, 1.54) is 11.9 Å². The van der Waals surface area contributed by atoms with Gasteiger partial charge in [0.2, 0.25) is 5.76 Å². The van der Waals surface area contributed by atoms with Crippen molar-refractivity contribution in [2.24, 2.45) is 0 Å². The van der Waals surface area contributed by atoms with Crippen LogP contribution in [-0.4, -0.2) is 21.9 Å². The third-order valence-corrected chi connectivity index (χ3v) is 6.59. The molecule has 9 heteroatoms. The summed E-state index contributed by atoms with van der Waals surface area (Å²) >= 11 is 1.32. The minimum atomic E-state index is -4.62. The second-order valence-electron chi connectivity index (χ2n) is 8.01. The van der Waals surface area contributed by atoms with Gasteiger partial charge in [0, 0.05) is 34.5 Å². The Kier molecular flexibility index (Phi) is 7.18. The number of alkyl halides is 3. The van der Waals surface area contributed by atoms with E-state index in [2.05, 4.69) is 0 Å². The van der Waals surface area contributed by atoms with Crippen LogP contribution >= 0.6 is 11.9 Å². The summed E-state index contributed by atoms with van der Waals surface area (Å²) in [6.45, 7) is 2.23. The molecule has 4 aromatic rings. The highest BCUT2D eigenvalue weighted by molar-refractivity contribution is 7.97. The Labute approximate surface area is 203 Å². The zero-order chi connectivity index (χ0) is 25.2. The van der Waals surface area contributed by atoms with E-state index >= 15 is 0 Å². The van der Waals surface area contributed by atoms with Gasteiger partial charge in [-0.05, 0) is 61.2 Å². The Morgan fingerprint density at radius 3 is 2.46 bits per heavy atom. The molecular weight excluding hydrogens is 482 g/mol. The fourth-order valence-corrected chi connectivity index (χ4v) is 4.69. The first kappa shape index (κ1) is 24.8. The fourth-order valence-electron chi connectivity index (χ4n) is 3.71. The third-order valence-electron chi connectivity index (χ3n) is 5.56. The smallest absolute Gasteiger partial charge is 0.416 e. The van der Waals surface area contributed by atoms with Crippen molar-refractivity contribution in [2.45, 2.75) is 31.0 Å². The molecule has 0 atom stereocenters. The molecule has 0 aliphatic carbocycles. The van der Waals surface area contributed by atoms with E-state index in [1.54, 1.807) is 25.1 Å². The van der Waals surface area contributed by atoms with Crippen LogP contribution in [0.5, 0.6) is 0 Å². The molecule has 1 aromatic heterocycles. The number of carboxylic acids is 1. The Morgan fingerprint density at radius 2 is 1.80 bits per heavy atom. The molecule has 0 aliphatic rings. The van der Waals surface area contributed by atoms with Crippen molar-refractivity contribution in [3.05, 3.63) is 101 Å². The number of aryl methyl sites for hydroxylation is 1. The van der Waals surface area contributed by atoms with Crippen molar-refractivity contribution >= 4 is 28.9 Å². The average molecular weight is 504 g/mol. The number of nitrogens with zero attached hydrogens (tertiary/aromatic N) is 1. The molecule has 0 aliphatic heterocycles. The molecule has 0 bridgehead atoms. The third kappa shape index (κ3) is 5.86. The molecule has 0 unspecified atom stereocenters. The van der Waals surface area contributed by atoms with E-state index in [-0.39, 0.29) is 17.9 Å². The molecule has 0 saturated heterocycles. The van der Waals surface area contributed by atoms with E-state index in [1.807, 2.05) is 34.6 Å². The van der Waals surface area contributed by atoms with E-state index < -0.39 is 23.5 Å². The van der Waals surface area contributed by atoms with Gasteiger partial charge in [0.05, 0.1) is 5.56 Å². The number of carboxylic acid groups (broad SMARTS) is 1. The predicted molar refractivity (Wildman–Crippen MR) is 126 cm³/mol. The second-order valence-corrected chi connectivity index (χ2v) is 9.18. The van der Waals surface area contributed by atoms with Gasteiger partial charge in [-0.3, -0.25) is 0 Å². The summed E-state index contributed by atoms with van der Waals surface area (Å²) in [5, 5.41) is 9.96. The maximum Gasteiger partial charge on any atom is 0.416 e. The minimum absolute atomic E-state index is 0.0737. The lowest BCUT2D eigenvalue weighted by atomic mass is 10.1. The molecule has 35 heavy (non-hydrogen) atoms. The highest BCUT2D eigenvalue weighted by atomic mass is 32.2. The number of rotatable bonds is 8. The van der Waals surface area contributed by atoms with Crippen molar-refractivity contribution in [1.82, 2.24) is 4.31 Å². The lowest BCUT2D eigenvalue weighted by Crippen LogP contribution is -2.19. The summed E-state index contributed by atoms with van der Waals surface area (Å²) in [4.78, 5) is 12.1. The number of hydrogen-bond acceptors (Lipinski definition) is 4. The molecule has 3 aromatic carbocycles. The maximum absolute atomic E-state index is 14.6. The zero-order valence-electron chi connectivity index (χ0n) is 18.6. The fraction of sp³-hybridized carbons (Fsp3) is 0.192. The second kappa shape index (κ2) is 10.1. The molecule has 0 fully saturated rings. The van der Waals surface area contributed by atoms with Gasteiger partial charge in [0.15, 0.2) is 0 Å². The summed E-state index contributed by atoms with van der Waals surface area (Å²) in [7, 11) is 0. The van der Waals surface area contributed by atoms with Crippen LogP contribution in [-0.2, 0) is 19.1 Å². The van der Waals surface area contributed by atoms with E-state index in [0.717, 1.165) is 22.6 Å². The molecule has 1 heterocycles. The van der Waals surface area contributed by atoms with Gasteiger partial charge in [-0.15, -0.1) is 0 Å². The Balaban J connectivity index is 1.60. The number of aromatic carboxylic acids is 1. The van der Waals surface area contributed by atoms with Crippen LogP contribution in [0.2, 0.25) is 0 Å². The monoisotopic (exact) mass is 503 g/mol. The van der Waals surface area contributed by atoms with Crippen LogP contribution < -0.4 is 0 Å². The number of fused-ring (bicyclic) bond motifs is 1. The van der Waals surface area contributed by atoms with Gasteiger partial charge >= 0.3 is 12.1 Å². The van der Waals surface area contributed by atoms with Crippen LogP contribution in [0.25, 0.3) is 11.0 Å². The van der Waals surface area contributed by atoms with Gasteiger partial charge in [-0.2, -0.15) is 13.2 Å². The summed E-state index contributed by atoms with van der Waals surface area (Å²) in [6, 6.07) is 17.5. The first-order valence-electron chi connectivity index (χ1n) is 10.7. The molecular formula is C26H21F4NO3S. The van der Waals surface area contributed by atoms with Crippen molar-refractivity contribution in [3.8, 4) is 0 Å². The molecule has 0 saturated carbocycles. The largest absolute Gasteiger partial charge is 0.475 e. The van der Waals surface area contributed by atoms with Crippen molar-refractivity contribution < 1.29 is 31.9 Å². The lowest BCUT2D eigenvalue weighted by molar-refractivity contribution is -0.137. The number of carbonyl (C=O) groups is 1. The molecule has 1 N–H and O–H groups in total. The van der Waals surface area contributed by atoms with Gasteiger partial charge in [-0.25, -0.2) is 13.5 Å². The van der Waals surface area contributed by atoms with Crippen LogP contribution in [0.3, 0.4) is 0 Å². The lowest BCUT2D eigenvalue weighted by Gasteiger charge is -2.22. The topological polar surface area (TPSA) is 53.7 Å². The summed E-state index contributed by atoms with van der Waals surface area (Å²) in [6.07, 6.45) is -3.97. The number of benzene rings is 3. The van der Waals surface area contributed by atoms with E-state index in [4.69, 9.17) is 4.42 Å². The zero-order valence-corrected chi connectivity index (χ0v) is 19.4. The minimum Gasteiger partial charge on any atom is -0.475 e. The van der Waals surface area contributed by atoms with Gasteiger partial charge < -0.3 is 9.52 Å². The first-order valence-corrected chi connectivity index (χ1v) is 11.5. The van der Waals surface area contributed by atoms with Crippen molar-refractivity contribution in [1.29, 1.82) is 0 Å². The standard InChI is InChI=1S/C26H21F4NO3S/c1-16-21-14-20(9-10-23(21)34-24(16)25(32)33)35-31(12-11-17-5-3-2-4-6-17)15-18-7-8-19(13-22(18)27)26(28,29)30/h2-10,13-14H,11-12,15H2,1H3,(H,32,33). The van der Waals surface area contributed by atoms with Crippen LogP contribution in [0, 0.1) is 12.7 Å². The Bertz CT molecular complexity index is 1350. The highest BCUT2D eigenvalue weighted by Crippen LogP contribution is 2.34. The van der Waals surface area contributed by atoms with Gasteiger partial charge in [0.1, 0.15) is 11.4 Å². The molecule has 0 spiro atoms. The Morgan fingerprint density at radius 1 is 1.06 bits per heavy atom. The van der Waals surface area contributed by atoms with Crippen LogP contribution in [0.15, 0.2) is 76.0 Å². The number of halogens is 4.